The molecule has 4 aromatic rings. The standard InChI is InChI=1S/C24H24N8O2/c1-34-19-15-27-14-18-22(19)24(32-9-7-25-8-10-32)31-23(29-18)17-4-6-28-20(12-17)30-21(33)11-16-3-2-5-26-13-16/h2-6,12-15,25H,7-11H2,1H3,(H,28,30,33). The van der Waals surface area contributed by atoms with Crippen molar-refractivity contribution in [3.63, 3.8) is 0 Å². The fourth-order valence-corrected chi connectivity index (χ4v) is 3.94. The van der Waals surface area contributed by atoms with E-state index in [9.17, 15) is 4.79 Å². The van der Waals surface area contributed by atoms with Gasteiger partial charge in [-0.25, -0.2) is 15.0 Å². The second-order valence-corrected chi connectivity index (χ2v) is 7.86. The number of pyridine rings is 3. The number of ether oxygens (including phenoxy) is 1. The molecule has 2 N–H and O–H groups in total. The zero-order valence-corrected chi connectivity index (χ0v) is 18.7. The van der Waals surface area contributed by atoms with Crippen LogP contribution in [0.2, 0.25) is 0 Å². The zero-order chi connectivity index (χ0) is 23.3. The number of methoxy groups -OCH3 is 1. The Labute approximate surface area is 196 Å². The number of carbonyl (C=O) groups is 1. The van der Waals surface area contributed by atoms with Crippen LogP contribution >= 0.6 is 0 Å². The molecule has 5 rings (SSSR count). The van der Waals surface area contributed by atoms with Crippen molar-refractivity contribution in [3.05, 3.63) is 60.8 Å². The van der Waals surface area contributed by atoms with E-state index < -0.39 is 0 Å². The Kier molecular flexibility index (Phi) is 6.21. The molecule has 0 saturated carbocycles. The van der Waals surface area contributed by atoms with E-state index in [1.807, 2.05) is 12.1 Å². The zero-order valence-electron chi connectivity index (χ0n) is 18.7. The molecule has 0 bridgehead atoms. The number of piperazine rings is 1. The van der Waals surface area contributed by atoms with E-state index in [1.54, 1.807) is 50.2 Å². The fourth-order valence-electron chi connectivity index (χ4n) is 3.94. The van der Waals surface area contributed by atoms with Crippen LogP contribution in [0.5, 0.6) is 5.75 Å². The summed E-state index contributed by atoms with van der Waals surface area (Å²) in [7, 11) is 1.62. The van der Waals surface area contributed by atoms with Crippen LogP contribution in [0.25, 0.3) is 22.3 Å². The number of rotatable bonds is 6. The smallest absolute Gasteiger partial charge is 0.230 e. The van der Waals surface area contributed by atoms with Crippen molar-refractivity contribution in [1.82, 2.24) is 30.2 Å². The van der Waals surface area contributed by atoms with Crippen LogP contribution in [0.1, 0.15) is 5.56 Å². The summed E-state index contributed by atoms with van der Waals surface area (Å²) in [5, 5.41) is 7.05. The topological polar surface area (TPSA) is 118 Å². The van der Waals surface area contributed by atoms with E-state index in [-0.39, 0.29) is 12.3 Å². The molecule has 1 saturated heterocycles. The second-order valence-electron chi connectivity index (χ2n) is 7.86. The van der Waals surface area contributed by atoms with Crippen LogP contribution in [0.3, 0.4) is 0 Å². The summed E-state index contributed by atoms with van der Waals surface area (Å²) >= 11 is 0. The highest BCUT2D eigenvalue weighted by molar-refractivity contribution is 5.96. The van der Waals surface area contributed by atoms with Gasteiger partial charge < -0.3 is 20.3 Å². The molecule has 1 fully saturated rings. The van der Waals surface area contributed by atoms with Crippen molar-refractivity contribution < 1.29 is 9.53 Å². The normalized spacial score (nSPS) is 13.6. The van der Waals surface area contributed by atoms with Gasteiger partial charge in [0.2, 0.25) is 5.91 Å². The fraction of sp³-hybridized carbons (Fsp3) is 0.250. The molecule has 10 heteroatoms. The summed E-state index contributed by atoms with van der Waals surface area (Å²) in [4.78, 5) is 37.0. The van der Waals surface area contributed by atoms with Gasteiger partial charge in [-0.1, -0.05) is 6.07 Å². The van der Waals surface area contributed by atoms with Crippen molar-refractivity contribution in [3.8, 4) is 17.1 Å². The summed E-state index contributed by atoms with van der Waals surface area (Å²) in [6.07, 6.45) is 8.59. The molecular formula is C24H24N8O2. The predicted octanol–water partition coefficient (Wildman–Crippen LogP) is 2.08. The number of carbonyl (C=O) groups excluding carboxylic acids is 1. The second kappa shape index (κ2) is 9.75. The number of anilines is 2. The maximum atomic E-state index is 12.5. The van der Waals surface area contributed by atoms with E-state index in [2.05, 4.69) is 30.5 Å². The highest BCUT2D eigenvalue weighted by atomic mass is 16.5. The van der Waals surface area contributed by atoms with E-state index in [1.165, 1.54) is 0 Å². The quantitative estimate of drug-likeness (QED) is 0.449. The minimum Gasteiger partial charge on any atom is -0.494 e. The van der Waals surface area contributed by atoms with E-state index >= 15 is 0 Å². The highest BCUT2D eigenvalue weighted by Gasteiger charge is 2.21. The lowest BCUT2D eigenvalue weighted by atomic mass is 10.2. The molecule has 172 valence electrons. The third kappa shape index (κ3) is 4.62. The molecule has 1 aliphatic rings. The lowest BCUT2D eigenvalue weighted by Crippen LogP contribution is -2.44. The molecule has 0 aliphatic carbocycles. The van der Waals surface area contributed by atoms with E-state index in [0.717, 1.165) is 48.5 Å². The first kappa shape index (κ1) is 21.7. The number of nitrogens with zero attached hydrogens (tertiary/aromatic N) is 6. The van der Waals surface area contributed by atoms with Crippen LogP contribution in [0.15, 0.2) is 55.2 Å². The van der Waals surface area contributed by atoms with Gasteiger partial charge in [-0.3, -0.25) is 14.8 Å². The molecule has 0 unspecified atom stereocenters. The van der Waals surface area contributed by atoms with E-state index in [0.29, 0.717) is 22.9 Å². The van der Waals surface area contributed by atoms with Crippen LogP contribution in [-0.4, -0.2) is 64.1 Å². The number of nitrogens with one attached hydrogen (secondary N) is 2. The summed E-state index contributed by atoms with van der Waals surface area (Å²) in [6, 6.07) is 7.27. The summed E-state index contributed by atoms with van der Waals surface area (Å²) in [5.41, 5.74) is 2.26. The lowest BCUT2D eigenvalue weighted by Gasteiger charge is -2.29. The molecule has 10 nitrogen and oxygen atoms in total. The van der Waals surface area contributed by atoms with Gasteiger partial charge in [0.05, 0.1) is 36.8 Å². The van der Waals surface area contributed by atoms with E-state index in [4.69, 9.17) is 14.7 Å². The lowest BCUT2D eigenvalue weighted by molar-refractivity contribution is -0.115. The maximum Gasteiger partial charge on any atom is 0.230 e. The number of amides is 1. The van der Waals surface area contributed by atoms with Crippen LogP contribution in [0.4, 0.5) is 11.6 Å². The molecule has 0 atom stereocenters. The SMILES string of the molecule is COc1cncc2nc(-c3ccnc(NC(=O)Cc4cccnc4)c3)nc(N3CCNCC3)c12. The molecule has 0 aromatic carbocycles. The molecule has 1 amide bonds. The van der Waals surface area contributed by atoms with Crippen LogP contribution in [0, 0.1) is 0 Å². The van der Waals surface area contributed by atoms with Gasteiger partial charge >= 0.3 is 0 Å². The average molecular weight is 457 g/mol. The molecule has 5 heterocycles. The monoisotopic (exact) mass is 456 g/mol. The van der Waals surface area contributed by atoms with Gasteiger partial charge in [0.25, 0.3) is 0 Å². The Morgan fingerprint density at radius 2 is 2.00 bits per heavy atom. The number of aromatic nitrogens is 5. The third-order valence-corrected chi connectivity index (χ3v) is 5.56. The molecular weight excluding hydrogens is 432 g/mol. The molecule has 1 aliphatic heterocycles. The Morgan fingerprint density at radius 3 is 2.79 bits per heavy atom. The molecule has 34 heavy (non-hydrogen) atoms. The molecule has 0 spiro atoms. The van der Waals surface area contributed by atoms with Crippen molar-refractivity contribution in [2.24, 2.45) is 0 Å². The molecule has 0 radical (unpaired) electrons. The van der Waals surface area contributed by atoms with Gasteiger partial charge in [0.15, 0.2) is 5.82 Å². The van der Waals surface area contributed by atoms with Crippen molar-refractivity contribution in [1.29, 1.82) is 0 Å². The first-order valence-electron chi connectivity index (χ1n) is 11.0. The van der Waals surface area contributed by atoms with Gasteiger partial charge in [0.1, 0.15) is 17.4 Å². The number of fused-ring (bicyclic) bond motifs is 1. The predicted molar refractivity (Wildman–Crippen MR) is 129 cm³/mol. The summed E-state index contributed by atoms with van der Waals surface area (Å²) < 4.78 is 5.57. The molecule has 4 aromatic heterocycles. The Balaban J connectivity index is 1.48. The summed E-state index contributed by atoms with van der Waals surface area (Å²) in [6.45, 7) is 3.39. The first-order valence-corrected chi connectivity index (χ1v) is 11.0. The Bertz CT molecular complexity index is 1310. The van der Waals surface area contributed by atoms with Gasteiger partial charge in [-0.05, 0) is 23.8 Å². The highest BCUT2D eigenvalue weighted by Crippen LogP contribution is 2.34. The average Bonchev–Trinajstić information content (AvgIpc) is 2.89. The Hall–Kier alpha value is -4.18. The first-order chi connectivity index (χ1) is 16.7. The largest absolute Gasteiger partial charge is 0.494 e. The van der Waals surface area contributed by atoms with Gasteiger partial charge in [-0.15, -0.1) is 0 Å². The minimum atomic E-state index is -0.174. The van der Waals surface area contributed by atoms with Crippen molar-refractivity contribution >= 4 is 28.4 Å². The van der Waals surface area contributed by atoms with Gasteiger partial charge in [-0.2, -0.15) is 0 Å². The Morgan fingerprint density at radius 1 is 1.12 bits per heavy atom. The third-order valence-electron chi connectivity index (χ3n) is 5.56. The van der Waals surface area contributed by atoms with Crippen molar-refractivity contribution in [2.75, 3.05) is 43.5 Å². The van der Waals surface area contributed by atoms with Crippen LogP contribution < -0.4 is 20.3 Å². The number of hydrogen-bond acceptors (Lipinski definition) is 9. The van der Waals surface area contributed by atoms with Crippen LogP contribution in [-0.2, 0) is 11.2 Å². The van der Waals surface area contributed by atoms with Gasteiger partial charge in [0, 0.05) is 50.3 Å². The number of hydrogen-bond donors (Lipinski definition) is 2. The maximum absolute atomic E-state index is 12.5. The summed E-state index contributed by atoms with van der Waals surface area (Å²) in [5.74, 6) is 2.23. The van der Waals surface area contributed by atoms with Crippen molar-refractivity contribution in [2.45, 2.75) is 6.42 Å². The minimum absolute atomic E-state index is 0.174.